The van der Waals surface area contributed by atoms with E-state index in [0.29, 0.717) is 5.69 Å². The van der Waals surface area contributed by atoms with Gasteiger partial charge in [0.1, 0.15) is 0 Å². The van der Waals surface area contributed by atoms with Gasteiger partial charge in [0.2, 0.25) is 0 Å². The quantitative estimate of drug-likeness (QED) is 0.638. The first-order valence-electron chi connectivity index (χ1n) is 3.47. The highest BCUT2D eigenvalue weighted by Gasteiger charge is 2.08. The van der Waals surface area contributed by atoms with Gasteiger partial charge in [-0.25, -0.2) is 9.10 Å². The van der Waals surface area contributed by atoms with E-state index in [4.69, 9.17) is 5.73 Å². The van der Waals surface area contributed by atoms with Crippen LogP contribution in [0.15, 0.2) is 24.3 Å². The van der Waals surface area contributed by atoms with Crippen LogP contribution in [-0.4, -0.2) is 6.03 Å². The van der Waals surface area contributed by atoms with Crippen molar-refractivity contribution in [2.24, 2.45) is 5.73 Å². The van der Waals surface area contributed by atoms with Crippen molar-refractivity contribution in [3.8, 4) is 0 Å². The summed E-state index contributed by atoms with van der Waals surface area (Å²) in [7, 11) is 0. The van der Waals surface area contributed by atoms with Crippen LogP contribution in [0.1, 0.15) is 5.56 Å². The number of anilines is 1. The molecule has 0 aliphatic rings. The van der Waals surface area contributed by atoms with Gasteiger partial charge < -0.3 is 5.73 Å². The van der Waals surface area contributed by atoms with Crippen molar-refractivity contribution in [1.29, 1.82) is 0 Å². The van der Waals surface area contributed by atoms with Gasteiger partial charge in [-0.05, 0) is 18.6 Å². The number of carbonyl (C=O) groups excluding carboxylic acids is 1. The molecule has 64 valence electrons. The molecule has 0 aliphatic heterocycles. The Morgan fingerprint density at radius 2 is 2.08 bits per heavy atom. The van der Waals surface area contributed by atoms with Crippen LogP contribution in [0.25, 0.3) is 0 Å². The van der Waals surface area contributed by atoms with Crippen molar-refractivity contribution < 1.29 is 4.79 Å². The zero-order valence-electron chi connectivity index (χ0n) is 6.69. The zero-order chi connectivity index (χ0) is 9.14. The van der Waals surface area contributed by atoms with Crippen LogP contribution in [0.5, 0.6) is 0 Å². The molecular weight excluding hydrogens is 172 g/mol. The molecule has 1 rings (SSSR count). The summed E-state index contributed by atoms with van der Waals surface area (Å²) in [5, 5.41) is 0. The highest BCUT2D eigenvalue weighted by molar-refractivity contribution is 7.82. The number of primary amides is 1. The predicted molar refractivity (Wildman–Crippen MR) is 52.2 cm³/mol. The van der Waals surface area contributed by atoms with Gasteiger partial charge in [-0.1, -0.05) is 31.0 Å². The summed E-state index contributed by atoms with van der Waals surface area (Å²) in [6.45, 7) is 1.89. The monoisotopic (exact) mass is 182 g/mol. The Morgan fingerprint density at radius 1 is 1.50 bits per heavy atom. The molecule has 0 atom stereocenters. The second kappa shape index (κ2) is 3.49. The van der Waals surface area contributed by atoms with Crippen LogP contribution < -0.4 is 10.0 Å². The number of thiol groups is 1. The number of urea groups is 1. The SMILES string of the molecule is Cc1ccccc1N(S)C(N)=O. The number of aryl methyl sites for hydroxylation is 1. The van der Waals surface area contributed by atoms with Crippen LogP contribution >= 0.6 is 12.8 Å². The van der Waals surface area contributed by atoms with Crippen LogP contribution in [0, 0.1) is 6.92 Å². The van der Waals surface area contributed by atoms with Crippen molar-refractivity contribution in [3.05, 3.63) is 29.8 Å². The highest BCUT2D eigenvalue weighted by atomic mass is 32.1. The molecule has 12 heavy (non-hydrogen) atoms. The van der Waals surface area contributed by atoms with Crippen LogP contribution in [0.4, 0.5) is 10.5 Å². The van der Waals surface area contributed by atoms with E-state index in [2.05, 4.69) is 12.8 Å². The molecular formula is C8H10N2OS. The summed E-state index contributed by atoms with van der Waals surface area (Å²) in [6, 6.07) is 6.82. The maximum absolute atomic E-state index is 10.7. The van der Waals surface area contributed by atoms with Gasteiger partial charge in [-0.3, -0.25) is 0 Å². The van der Waals surface area contributed by atoms with E-state index < -0.39 is 6.03 Å². The molecule has 0 saturated heterocycles. The molecule has 2 N–H and O–H groups in total. The normalized spacial score (nSPS) is 9.50. The number of nitrogens with two attached hydrogens (primary N) is 1. The average molecular weight is 182 g/mol. The summed E-state index contributed by atoms with van der Waals surface area (Å²) < 4.78 is 1.12. The minimum atomic E-state index is -0.576. The third-order valence-electron chi connectivity index (χ3n) is 1.55. The van der Waals surface area contributed by atoms with E-state index in [9.17, 15) is 4.79 Å². The van der Waals surface area contributed by atoms with Crippen molar-refractivity contribution in [1.82, 2.24) is 0 Å². The van der Waals surface area contributed by atoms with Gasteiger partial charge >= 0.3 is 6.03 Å². The molecule has 0 heterocycles. The molecule has 0 saturated carbocycles. The molecule has 0 fully saturated rings. The van der Waals surface area contributed by atoms with E-state index in [1.165, 1.54) is 0 Å². The van der Waals surface area contributed by atoms with Crippen molar-refractivity contribution in [2.75, 3.05) is 4.31 Å². The molecule has 0 radical (unpaired) electrons. The largest absolute Gasteiger partial charge is 0.350 e. The number of hydrogen-bond acceptors (Lipinski definition) is 2. The van der Waals surface area contributed by atoms with E-state index in [0.717, 1.165) is 9.87 Å². The lowest BCUT2D eigenvalue weighted by Gasteiger charge is -2.14. The minimum Gasteiger partial charge on any atom is -0.350 e. The first-order chi connectivity index (χ1) is 5.63. The Hall–Kier alpha value is -1.16. The lowest BCUT2D eigenvalue weighted by molar-refractivity contribution is 0.257. The second-order valence-electron chi connectivity index (χ2n) is 2.44. The van der Waals surface area contributed by atoms with Crippen molar-refractivity contribution in [2.45, 2.75) is 6.92 Å². The number of hydrogen-bond donors (Lipinski definition) is 2. The molecule has 0 aromatic heterocycles. The Balaban J connectivity index is 3.02. The topological polar surface area (TPSA) is 46.3 Å². The van der Waals surface area contributed by atoms with Crippen molar-refractivity contribution >= 4 is 24.5 Å². The van der Waals surface area contributed by atoms with Gasteiger partial charge in [0, 0.05) is 0 Å². The fourth-order valence-corrected chi connectivity index (χ4v) is 1.14. The zero-order valence-corrected chi connectivity index (χ0v) is 7.58. The van der Waals surface area contributed by atoms with Crippen molar-refractivity contribution in [3.63, 3.8) is 0 Å². The minimum absolute atomic E-state index is 0.576. The smallest absolute Gasteiger partial charge is 0.329 e. The number of benzene rings is 1. The maximum Gasteiger partial charge on any atom is 0.329 e. The lowest BCUT2D eigenvalue weighted by atomic mass is 10.2. The molecule has 0 aliphatic carbocycles. The molecule has 1 aromatic carbocycles. The first kappa shape index (κ1) is 8.93. The summed E-state index contributed by atoms with van der Waals surface area (Å²) in [5.74, 6) is 0. The number of carbonyl (C=O) groups is 1. The van der Waals surface area contributed by atoms with E-state index in [-0.39, 0.29) is 0 Å². The van der Waals surface area contributed by atoms with Gasteiger partial charge in [0.15, 0.2) is 0 Å². The predicted octanol–water partition coefficient (Wildman–Crippen LogP) is 1.72. The molecule has 2 amide bonds. The Labute approximate surface area is 76.7 Å². The van der Waals surface area contributed by atoms with Gasteiger partial charge in [-0.2, -0.15) is 0 Å². The van der Waals surface area contributed by atoms with Gasteiger partial charge in [-0.15, -0.1) is 0 Å². The molecule has 0 bridgehead atoms. The van der Waals surface area contributed by atoms with Gasteiger partial charge in [0.25, 0.3) is 0 Å². The van der Waals surface area contributed by atoms with Crippen LogP contribution in [0.2, 0.25) is 0 Å². The Kier molecular flexibility index (Phi) is 2.60. The number of nitrogens with zero attached hydrogens (tertiary/aromatic N) is 1. The third kappa shape index (κ3) is 1.71. The summed E-state index contributed by atoms with van der Waals surface area (Å²) in [4.78, 5) is 10.7. The molecule has 4 heteroatoms. The molecule has 3 nitrogen and oxygen atoms in total. The van der Waals surface area contributed by atoms with Gasteiger partial charge in [0.05, 0.1) is 5.69 Å². The highest BCUT2D eigenvalue weighted by Crippen LogP contribution is 2.20. The average Bonchev–Trinajstić information content (AvgIpc) is 2.04. The van der Waals surface area contributed by atoms with E-state index in [1.54, 1.807) is 6.07 Å². The van der Waals surface area contributed by atoms with Crippen LogP contribution in [-0.2, 0) is 0 Å². The Morgan fingerprint density at radius 3 is 2.58 bits per heavy atom. The molecule has 0 unspecified atom stereocenters. The molecule has 0 spiro atoms. The summed E-state index contributed by atoms with van der Waals surface area (Å²) in [5.41, 5.74) is 6.73. The van der Waals surface area contributed by atoms with Crippen LogP contribution in [0.3, 0.4) is 0 Å². The van der Waals surface area contributed by atoms with E-state index in [1.807, 2.05) is 25.1 Å². The summed E-state index contributed by atoms with van der Waals surface area (Å²) >= 11 is 3.94. The summed E-state index contributed by atoms with van der Waals surface area (Å²) in [6.07, 6.45) is 0. The number of amides is 2. The maximum atomic E-state index is 10.7. The Bertz CT molecular complexity index is 301. The third-order valence-corrected chi connectivity index (χ3v) is 1.96. The second-order valence-corrected chi connectivity index (χ2v) is 2.84. The first-order valence-corrected chi connectivity index (χ1v) is 3.87. The lowest BCUT2D eigenvalue weighted by Crippen LogP contribution is -2.27. The number of rotatable bonds is 1. The number of para-hydroxylation sites is 1. The fourth-order valence-electron chi connectivity index (χ4n) is 0.920. The molecule has 1 aromatic rings. The standard InChI is InChI=1S/C8H10N2OS/c1-6-4-2-3-5-7(6)10(12)8(9)11/h2-5,12H,1H3,(H2,9,11). The fraction of sp³-hybridized carbons (Fsp3) is 0.125. The van der Waals surface area contributed by atoms with E-state index >= 15 is 0 Å².